The average molecular weight is 343 g/mol. The molecule has 0 bridgehead atoms. The van der Waals surface area contributed by atoms with Crippen LogP contribution in [0, 0.1) is 0 Å². The van der Waals surface area contributed by atoms with Crippen LogP contribution in [0.4, 0.5) is 0 Å². The molecule has 1 aromatic rings. The standard InChI is InChI=1S/C9H9NS.C6H12O6/c11-8-10-7-6-9-4-2-1-3-5-9;7-1-3(9)5(11)6(12)4(10)2-8/h1-5H,6-7H2;1,3-6,8-12H,2H2/t;3-,4+,5+,6+/m.0/s1. The van der Waals surface area contributed by atoms with E-state index in [1.54, 1.807) is 0 Å². The lowest BCUT2D eigenvalue weighted by atomic mass is 10.0. The molecule has 128 valence electrons. The molecule has 5 N–H and O–H groups in total. The smallest absolute Gasteiger partial charge is 0.151 e. The van der Waals surface area contributed by atoms with Gasteiger partial charge >= 0.3 is 0 Å². The normalized spacial score (nSPS) is 15.2. The maximum Gasteiger partial charge on any atom is 0.151 e. The van der Waals surface area contributed by atoms with Gasteiger partial charge in [0.25, 0.3) is 0 Å². The molecule has 1 aromatic carbocycles. The molecule has 1 rings (SSSR count). The number of isothiocyanates is 1. The highest BCUT2D eigenvalue weighted by molar-refractivity contribution is 7.78. The monoisotopic (exact) mass is 343 g/mol. The third-order valence-corrected chi connectivity index (χ3v) is 2.97. The SMILES string of the molecule is O=C[C@H](O)[C@@H](O)[C@H](O)[C@H](O)CO.S=C=NCCc1ccccc1. The number of aldehydes is 1. The number of aliphatic hydroxyl groups is 5. The van der Waals surface area contributed by atoms with Gasteiger partial charge < -0.3 is 30.3 Å². The zero-order valence-electron chi connectivity index (χ0n) is 12.4. The predicted molar refractivity (Wildman–Crippen MR) is 87.2 cm³/mol. The molecule has 0 saturated carbocycles. The first-order valence-electron chi connectivity index (χ1n) is 6.83. The molecule has 7 nitrogen and oxygen atoms in total. The summed E-state index contributed by atoms with van der Waals surface area (Å²) in [7, 11) is 0. The Morgan fingerprint density at radius 2 is 1.74 bits per heavy atom. The van der Waals surface area contributed by atoms with Crippen molar-refractivity contribution in [2.75, 3.05) is 13.2 Å². The van der Waals surface area contributed by atoms with Gasteiger partial charge in [-0.15, -0.1) is 0 Å². The molecule has 0 unspecified atom stereocenters. The van der Waals surface area contributed by atoms with Gasteiger partial charge in [-0.2, -0.15) is 0 Å². The lowest BCUT2D eigenvalue weighted by Crippen LogP contribution is -2.46. The molecule has 23 heavy (non-hydrogen) atoms. The number of rotatable bonds is 8. The molecular weight excluding hydrogens is 322 g/mol. The Balaban J connectivity index is 0.000000422. The van der Waals surface area contributed by atoms with Gasteiger partial charge in [0.15, 0.2) is 6.29 Å². The fourth-order valence-electron chi connectivity index (χ4n) is 1.49. The second kappa shape index (κ2) is 13.0. The van der Waals surface area contributed by atoms with Crippen molar-refractivity contribution in [3.63, 3.8) is 0 Å². The third kappa shape index (κ3) is 9.27. The Morgan fingerprint density at radius 1 is 1.13 bits per heavy atom. The minimum Gasteiger partial charge on any atom is -0.394 e. The van der Waals surface area contributed by atoms with Crippen LogP contribution in [0.5, 0.6) is 0 Å². The summed E-state index contributed by atoms with van der Waals surface area (Å²) in [5.41, 5.74) is 1.29. The van der Waals surface area contributed by atoms with Crippen LogP contribution in [-0.2, 0) is 11.2 Å². The van der Waals surface area contributed by atoms with E-state index in [1.165, 1.54) is 5.56 Å². The number of carbonyl (C=O) groups excluding carboxylic acids is 1. The van der Waals surface area contributed by atoms with Crippen LogP contribution < -0.4 is 0 Å². The second-order valence-electron chi connectivity index (χ2n) is 4.57. The first kappa shape index (κ1) is 21.5. The highest BCUT2D eigenvalue weighted by atomic mass is 32.1. The summed E-state index contributed by atoms with van der Waals surface area (Å²) in [6.07, 6.45) is -5.89. The van der Waals surface area contributed by atoms with Gasteiger partial charge in [0.05, 0.1) is 18.3 Å². The Morgan fingerprint density at radius 3 is 2.22 bits per heavy atom. The number of carbonyl (C=O) groups is 1. The number of aliphatic imine (C=N–C) groups is 1. The summed E-state index contributed by atoms with van der Waals surface area (Å²) in [5.74, 6) is 0. The zero-order valence-corrected chi connectivity index (χ0v) is 13.2. The van der Waals surface area contributed by atoms with E-state index in [-0.39, 0.29) is 6.29 Å². The largest absolute Gasteiger partial charge is 0.394 e. The summed E-state index contributed by atoms with van der Waals surface area (Å²) in [6, 6.07) is 10.2. The third-order valence-electron chi connectivity index (χ3n) is 2.84. The van der Waals surface area contributed by atoms with Crippen LogP contribution in [0.1, 0.15) is 5.56 Å². The van der Waals surface area contributed by atoms with Crippen molar-refractivity contribution in [1.82, 2.24) is 0 Å². The van der Waals surface area contributed by atoms with Crippen LogP contribution >= 0.6 is 12.2 Å². The molecule has 0 aliphatic carbocycles. The number of aliphatic hydroxyl groups excluding tert-OH is 5. The van der Waals surface area contributed by atoms with Crippen LogP contribution in [0.15, 0.2) is 35.3 Å². The van der Waals surface area contributed by atoms with Crippen molar-refractivity contribution in [2.24, 2.45) is 4.99 Å². The number of benzene rings is 1. The minimum absolute atomic E-state index is 0.0258. The molecule has 8 heteroatoms. The van der Waals surface area contributed by atoms with E-state index >= 15 is 0 Å². The Bertz CT molecular complexity index is 480. The summed E-state index contributed by atoms with van der Waals surface area (Å²) in [6.45, 7) is -0.0166. The Hall–Kier alpha value is -1.51. The molecule has 0 heterocycles. The van der Waals surface area contributed by atoms with Crippen molar-refractivity contribution in [3.05, 3.63) is 35.9 Å². The van der Waals surface area contributed by atoms with E-state index < -0.39 is 31.0 Å². The Labute approximate surface area is 139 Å². The minimum atomic E-state index is -1.79. The van der Waals surface area contributed by atoms with Crippen molar-refractivity contribution in [1.29, 1.82) is 0 Å². The van der Waals surface area contributed by atoms with E-state index in [4.69, 9.17) is 25.5 Å². The first-order valence-corrected chi connectivity index (χ1v) is 7.24. The van der Waals surface area contributed by atoms with E-state index in [0.717, 1.165) is 13.0 Å². The molecule has 0 fully saturated rings. The van der Waals surface area contributed by atoms with E-state index in [9.17, 15) is 4.79 Å². The quantitative estimate of drug-likeness (QED) is 0.231. The van der Waals surface area contributed by atoms with Gasteiger partial charge in [0, 0.05) is 0 Å². The predicted octanol–water partition coefficient (Wildman–Crippen LogP) is -1.05. The van der Waals surface area contributed by atoms with Gasteiger partial charge in [-0.3, -0.25) is 0 Å². The van der Waals surface area contributed by atoms with Crippen LogP contribution in [-0.4, -0.2) is 74.5 Å². The summed E-state index contributed by atoms with van der Waals surface area (Å²) in [5, 5.41) is 45.9. The molecule has 0 aliphatic rings. The highest BCUT2D eigenvalue weighted by Gasteiger charge is 2.29. The lowest BCUT2D eigenvalue weighted by molar-refractivity contribution is -0.136. The van der Waals surface area contributed by atoms with Gasteiger partial charge in [-0.05, 0) is 24.2 Å². The fraction of sp³-hybridized carbons (Fsp3) is 0.467. The number of hydrogen-bond acceptors (Lipinski definition) is 8. The van der Waals surface area contributed by atoms with Crippen molar-refractivity contribution < 1.29 is 30.3 Å². The zero-order chi connectivity index (χ0) is 17.7. The molecule has 0 aliphatic heterocycles. The molecular formula is C15H21NO6S. The number of thiocarbonyl (C=S) groups is 1. The van der Waals surface area contributed by atoms with Crippen molar-refractivity contribution in [2.45, 2.75) is 30.8 Å². The van der Waals surface area contributed by atoms with E-state index in [0.29, 0.717) is 0 Å². The lowest BCUT2D eigenvalue weighted by Gasteiger charge is -2.22. The van der Waals surface area contributed by atoms with Gasteiger partial charge in [-0.1, -0.05) is 30.3 Å². The number of nitrogens with zero attached hydrogens (tertiary/aromatic N) is 1. The summed E-state index contributed by atoms with van der Waals surface area (Å²) < 4.78 is 0. The molecule has 0 amide bonds. The van der Waals surface area contributed by atoms with Crippen LogP contribution in [0.25, 0.3) is 0 Å². The van der Waals surface area contributed by atoms with Crippen LogP contribution in [0.2, 0.25) is 0 Å². The van der Waals surface area contributed by atoms with Gasteiger partial charge in [0.2, 0.25) is 0 Å². The van der Waals surface area contributed by atoms with E-state index in [1.807, 2.05) is 18.2 Å². The average Bonchev–Trinajstić information content (AvgIpc) is 2.60. The maximum atomic E-state index is 9.90. The summed E-state index contributed by atoms with van der Waals surface area (Å²) >= 11 is 4.45. The molecule has 0 radical (unpaired) electrons. The fourth-order valence-corrected chi connectivity index (χ4v) is 1.58. The van der Waals surface area contributed by atoms with Gasteiger partial charge in [0.1, 0.15) is 24.4 Å². The maximum absolute atomic E-state index is 9.90. The van der Waals surface area contributed by atoms with Crippen molar-refractivity contribution in [3.8, 4) is 0 Å². The van der Waals surface area contributed by atoms with Gasteiger partial charge in [-0.25, -0.2) is 4.99 Å². The van der Waals surface area contributed by atoms with Crippen molar-refractivity contribution >= 4 is 23.7 Å². The first-order chi connectivity index (χ1) is 11.0. The topological polar surface area (TPSA) is 131 Å². The number of hydrogen-bond donors (Lipinski definition) is 5. The highest BCUT2D eigenvalue weighted by Crippen LogP contribution is 2.03. The molecule has 0 spiro atoms. The molecule has 0 saturated heterocycles. The molecule has 0 aromatic heterocycles. The summed E-state index contributed by atoms with van der Waals surface area (Å²) in [4.78, 5) is 13.7. The Kier molecular flexibility index (Phi) is 12.1. The van der Waals surface area contributed by atoms with Crippen LogP contribution in [0.3, 0.4) is 0 Å². The molecule has 4 atom stereocenters. The second-order valence-corrected chi connectivity index (χ2v) is 4.75. The van der Waals surface area contributed by atoms with E-state index in [2.05, 4.69) is 34.5 Å².